The molecule has 1 aromatic heterocycles. The molecule has 0 aliphatic heterocycles. The van der Waals surface area contributed by atoms with Crippen molar-refractivity contribution in [1.82, 2.24) is 10.3 Å². The van der Waals surface area contributed by atoms with Crippen molar-refractivity contribution in [2.24, 2.45) is 0 Å². The maximum atomic E-state index is 6.30. The molecule has 1 aromatic carbocycles. The third kappa shape index (κ3) is 5.90. The predicted molar refractivity (Wildman–Crippen MR) is 95.8 cm³/mol. The molecule has 126 valence electrons. The summed E-state index contributed by atoms with van der Waals surface area (Å²) in [5.74, 6) is 1.31. The summed E-state index contributed by atoms with van der Waals surface area (Å²) in [7, 11) is 0. The van der Waals surface area contributed by atoms with Crippen LogP contribution < -0.4 is 14.8 Å². The molecule has 0 aliphatic rings. The number of nitrogens with zero attached hydrogens (tertiary/aromatic N) is 1. The Hall–Kier alpha value is -1.49. The first kappa shape index (κ1) is 19.6. The highest BCUT2D eigenvalue weighted by molar-refractivity contribution is 6.32. The predicted octanol–water partition coefficient (Wildman–Crippen LogP) is 4.24. The van der Waals surface area contributed by atoms with Gasteiger partial charge >= 0.3 is 0 Å². The van der Waals surface area contributed by atoms with Crippen molar-refractivity contribution in [3.05, 3.63) is 52.8 Å². The van der Waals surface area contributed by atoms with Crippen molar-refractivity contribution < 1.29 is 9.47 Å². The Morgan fingerprint density at radius 2 is 1.65 bits per heavy atom. The van der Waals surface area contributed by atoms with Gasteiger partial charge in [-0.2, -0.15) is 0 Å². The largest absolute Gasteiger partial charge is 0.490 e. The maximum absolute atomic E-state index is 6.30. The molecule has 0 saturated carbocycles. The molecule has 23 heavy (non-hydrogen) atoms. The van der Waals surface area contributed by atoms with Gasteiger partial charge in [0.15, 0.2) is 11.5 Å². The number of hydrogen-bond donors (Lipinski definition) is 1. The van der Waals surface area contributed by atoms with Gasteiger partial charge in [0.2, 0.25) is 0 Å². The summed E-state index contributed by atoms with van der Waals surface area (Å²) >= 11 is 6.30. The summed E-state index contributed by atoms with van der Waals surface area (Å²) in [4.78, 5) is 4.01. The van der Waals surface area contributed by atoms with Crippen LogP contribution in [0.1, 0.15) is 25.0 Å². The molecule has 4 nitrogen and oxygen atoms in total. The fourth-order valence-electron chi connectivity index (χ4n) is 2.12. The van der Waals surface area contributed by atoms with E-state index in [1.54, 1.807) is 12.4 Å². The zero-order valence-corrected chi connectivity index (χ0v) is 14.9. The summed E-state index contributed by atoms with van der Waals surface area (Å²) in [5.41, 5.74) is 2.25. The number of rotatable bonds is 8. The smallest absolute Gasteiger partial charge is 0.179 e. The van der Waals surface area contributed by atoms with E-state index >= 15 is 0 Å². The summed E-state index contributed by atoms with van der Waals surface area (Å²) in [5, 5.41) is 3.96. The lowest BCUT2D eigenvalue weighted by atomic mass is 10.2. The Labute approximate surface area is 148 Å². The monoisotopic (exact) mass is 356 g/mol. The van der Waals surface area contributed by atoms with Crippen molar-refractivity contribution >= 4 is 24.0 Å². The lowest BCUT2D eigenvalue weighted by Gasteiger charge is -2.14. The average Bonchev–Trinajstić information content (AvgIpc) is 2.52. The van der Waals surface area contributed by atoms with E-state index < -0.39 is 0 Å². The highest BCUT2D eigenvalue weighted by Crippen LogP contribution is 2.36. The van der Waals surface area contributed by atoms with Crippen LogP contribution in [0.3, 0.4) is 0 Å². The molecule has 0 amide bonds. The number of benzene rings is 1. The minimum atomic E-state index is 0. The summed E-state index contributed by atoms with van der Waals surface area (Å²) in [6.07, 6.45) is 3.58. The summed E-state index contributed by atoms with van der Waals surface area (Å²) in [6, 6.07) is 7.86. The normalized spacial score (nSPS) is 10.0. The van der Waals surface area contributed by atoms with Gasteiger partial charge in [-0.25, -0.2) is 0 Å². The van der Waals surface area contributed by atoms with Crippen molar-refractivity contribution in [2.75, 3.05) is 13.2 Å². The molecule has 0 bridgehead atoms. The standard InChI is InChI=1S/C17H21ClN2O2.ClH/c1-3-21-16-10-14(9-15(18)17(16)22-4-2)12-20-11-13-5-7-19-8-6-13;/h5-10,20H,3-4,11-12H2,1-2H3;1H. The van der Waals surface area contributed by atoms with Gasteiger partial charge in [0.1, 0.15) is 0 Å². The number of hydrogen-bond acceptors (Lipinski definition) is 4. The lowest BCUT2D eigenvalue weighted by Crippen LogP contribution is -2.13. The van der Waals surface area contributed by atoms with Gasteiger partial charge in [0, 0.05) is 25.5 Å². The van der Waals surface area contributed by atoms with E-state index in [9.17, 15) is 0 Å². The van der Waals surface area contributed by atoms with E-state index in [2.05, 4.69) is 10.3 Å². The number of nitrogens with one attached hydrogen (secondary N) is 1. The van der Waals surface area contributed by atoms with Crippen molar-refractivity contribution in [1.29, 1.82) is 0 Å². The first-order chi connectivity index (χ1) is 10.7. The molecule has 1 heterocycles. The highest BCUT2D eigenvalue weighted by atomic mass is 35.5. The summed E-state index contributed by atoms with van der Waals surface area (Å²) < 4.78 is 11.2. The van der Waals surface area contributed by atoms with Gasteiger partial charge in [-0.3, -0.25) is 4.98 Å². The van der Waals surface area contributed by atoms with Crippen LogP contribution in [-0.4, -0.2) is 18.2 Å². The SMILES string of the molecule is CCOc1cc(CNCc2ccncc2)cc(Cl)c1OCC.Cl. The highest BCUT2D eigenvalue weighted by Gasteiger charge is 2.12. The van der Waals surface area contributed by atoms with Crippen LogP contribution in [-0.2, 0) is 13.1 Å². The van der Waals surface area contributed by atoms with Gasteiger partial charge in [-0.05, 0) is 49.2 Å². The molecule has 1 N–H and O–H groups in total. The minimum absolute atomic E-state index is 0. The summed E-state index contributed by atoms with van der Waals surface area (Å²) in [6.45, 7) is 6.48. The molecule has 0 fully saturated rings. The lowest BCUT2D eigenvalue weighted by molar-refractivity contribution is 0.287. The second kappa shape index (κ2) is 10.3. The third-order valence-electron chi connectivity index (χ3n) is 3.07. The molecule has 2 rings (SSSR count). The van der Waals surface area contributed by atoms with Crippen LogP contribution in [0.2, 0.25) is 5.02 Å². The molecule has 0 spiro atoms. The molecular weight excluding hydrogens is 335 g/mol. The van der Waals surface area contributed by atoms with Crippen molar-refractivity contribution in [3.63, 3.8) is 0 Å². The topological polar surface area (TPSA) is 43.4 Å². The quantitative estimate of drug-likeness (QED) is 0.767. The van der Waals surface area contributed by atoms with E-state index in [4.69, 9.17) is 21.1 Å². The molecule has 0 atom stereocenters. The van der Waals surface area contributed by atoms with E-state index in [0.717, 1.165) is 12.1 Å². The Morgan fingerprint density at radius 3 is 2.30 bits per heavy atom. The minimum Gasteiger partial charge on any atom is -0.490 e. The van der Waals surface area contributed by atoms with E-state index in [1.165, 1.54) is 5.56 Å². The van der Waals surface area contributed by atoms with Crippen LogP contribution >= 0.6 is 24.0 Å². The molecule has 0 aliphatic carbocycles. The molecule has 6 heteroatoms. The molecular formula is C17H22Cl2N2O2. The second-order valence-electron chi connectivity index (χ2n) is 4.73. The Balaban J connectivity index is 0.00000264. The number of ether oxygens (including phenoxy) is 2. The van der Waals surface area contributed by atoms with Gasteiger partial charge in [-0.1, -0.05) is 11.6 Å². The van der Waals surface area contributed by atoms with Gasteiger partial charge in [0.25, 0.3) is 0 Å². The molecule has 0 radical (unpaired) electrons. The van der Waals surface area contributed by atoms with Crippen molar-refractivity contribution in [3.8, 4) is 11.5 Å². The zero-order valence-electron chi connectivity index (χ0n) is 13.3. The van der Waals surface area contributed by atoms with Gasteiger partial charge in [-0.15, -0.1) is 12.4 Å². The molecule has 0 unspecified atom stereocenters. The average molecular weight is 357 g/mol. The van der Waals surface area contributed by atoms with E-state index in [0.29, 0.717) is 36.3 Å². The molecule has 0 saturated heterocycles. The van der Waals surface area contributed by atoms with Gasteiger partial charge < -0.3 is 14.8 Å². The number of pyridine rings is 1. The van der Waals surface area contributed by atoms with Gasteiger partial charge in [0.05, 0.1) is 18.2 Å². The van der Waals surface area contributed by atoms with Crippen molar-refractivity contribution in [2.45, 2.75) is 26.9 Å². The fourth-order valence-corrected chi connectivity index (χ4v) is 2.41. The van der Waals surface area contributed by atoms with Crippen LogP contribution in [0.15, 0.2) is 36.7 Å². The fraction of sp³-hybridized carbons (Fsp3) is 0.353. The molecule has 2 aromatic rings. The van der Waals surface area contributed by atoms with E-state index in [-0.39, 0.29) is 12.4 Å². The van der Waals surface area contributed by atoms with Crippen LogP contribution in [0.25, 0.3) is 0 Å². The van der Waals surface area contributed by atoms with E-state index in [1.807, 2.05) is 38.1 Å². The Kier molecular flexibility index (Phi) is 8.77. The third-order valence-corrected chi connectivity index (χ3v) is 3.35. The Bertz CT molecular complexity index is 595. The first-order valence-electron chi connectivity index (χ1n) is 7.42. The maximum Gasteiger partial charge on any atom is 0.179 e. The number of halogens is 2. The number of aromatic nitrogens is 1. The Morgan fingerprint density at radius 1 is 1.00 bits per heavy atom. The van der Waals surface area contributed by atoms with Crippen LogP contribution in [0.5, 0.6) is 11.5 Å². The first-order valence-corrected chi connectivity index (χ1v) is 7.80. The second-order valence-corrected chi connectivity index (χ2v) is 5.14. The van der Waals surface area contributed by atoms with Crippen LogP contribution in [0, 0.1) is 0 Å². The zero-order chi connectivity index (χ0) is 15.8. The van der Waals surface area contributed by atoms with Crippen LogP contribution in [0.4, 0.5) is 0 Å².